The molecule has 0 radical (unpaired) electrons. The summed E-state index contributed by atoms with van der Waals surface area (Å²) in [6.45, 7) is 1.93. The van der Waals surface area contributed by atoms with Crippen molar-refractivity contribution in [3.8, 4) is 0 Å². The van der Waals surface area contributed by atoms with Crippen LogP contribution in [0.5, 0.6) is 0 Å². The van der Waals surface area contributed by atoms with Gasteiger partial charge in [0.25, 0.3) is 0 Å². The fourth-order valence-electron chi connectivity index (χ4n) is 3.61. The molecule has 2 nitrogen and oxygen atoms in total. The number of ether oxygens (including phenoxy) is 1. The number of halogens is 2. The van der Waals surface area contributed by atoms with Gasteiger partial charge in [-0.25, -0.2) is 0 Å². The zero-order chi connectivity index (χ0) is 14.3. The summed E-state index contributed by atoms with van der Waals surface area (Å²) >= 11 is 12.1. The minimum Gasteiger partial charge on any atom is -0.374 e. The summed E-state index contributed by atoms with van der Waals surface area (Å²) in [6, 6.07) is 5.74. The number of Topliss-reactive ketones (excluding diaryl/α,β-unsaturated/α-hetero) is 1. The molecule has 0 aromatic heterocycles. The lowest BCUT2D eigenvalue weighted by Gasteiger charge is -2.36. The van der Waals surface area contributed by atoms with Crippen molar-refractivity contribution in [2.24, 2.45) is 5.92 Å². The zero-order valence-electron chi connectivity index (χ0n) is 11.4. The first-order chi connectivity index (χ1) is 9.60. The Labute approximate surface area is 129 Å². The van der Waals surface area contributed by atoms with E-state index in [9.17, 15) is 4.79 Å². The highest BCUT2D eigenvalue weighted by atomic mass is 35.5. The van der Waals surface area contributed by atoms with E-state index in [0.717, 1.165) is 24.8 Å². The van der Waals surface area contributed by atoms with Crippen molar-refractivity contribution in [3.05, 3.63) is 33.8 Å². The Balaban J connectivity index is 1.96. The van der Waals surface area contributed by atoms with E-state index in [1.54, 1.807) is 0 Å². The van der Waals surface area contributed by atoms with Gasteiger partial charge in [0.15, 0.2) is 0 Å². The van der Waals surface area contributed by atoms with Crippen LogP contribution in [0.2, 0.25) is 10.0 Å². The lowest BCUT2D eigenvalue weighted by atomic mass is 9.76. The third-order valence-corrected chi connectivity index (χ3v) is 5.32. The summed E-state index contributed by atoms with van der Waals surface area (Å²) in [6.07, 6.45) is 3.91. The van der Waals surface area contributed by atoms with Gasteiger partial charge in [-0.3, -0.25) is 4.79 Å². The van der Waals surface area contributed by atoms with Crippen molar-refractivity contribution < 1.29 is 9.53 Å². The number of benzene rings is 1. The molecular formula is C16H18Cl2O2. The molecular weight excluding hydrogens is 295 g/mol. The van der Waals surface area contributed by atoms with Crippen molar-refractivity contribution in [3.63, 3.8) is 0 Å². The van der Waals surface area contributed by atoms with E-state index in [1.807, 2.05) is 25.1 Å². The number of fused-ring (bicyclic) bond motifs is 2. The SMILES string of the molecule is CCC(=O)C1C2CCC(CC1c1ccc(Cl)c(Cl)c1)O2. The molecule has 0 aliphatic carbocycles. The van der Waals surface area contributed by atoms with Crippen LogP contribution in [-0.4, -0.2) is 18.0 Å². The first-order valence-electron chi connectivity index (χ1n) is 7.23. The summed E-state index contributed by atoms with van der Waals surface area (Å²) in [5.74, 6) is 0.478. The van der Waals surface area contributed by atoms with Crippen LogP contribution in [0.3, 0.4) is 0 Å². The standard InChI is InChI=1S/C16H18Cl2O2/c1-2-14(19)16-11(8-10-4-6-15(16)20-10)9-3-5-12(17)13(18)7-9/h3,5,7,10-11,15-16H,2,4,6,8H2,1H3. The predicted molar refractivity (Wildman–Crippen MR) is 80.5 cm³/mol. The number of rotatable bonds is 3. The van der Waals surface area contributed by atoms with E-state index in [1.165, 1.54) is 0 Å². The van der Waals surface area contributed by atoms with E-state index in [2.05, 4.69) is 0 Å². The molecule has 1 aromatic carbocycles. The molecule has 3 rings (SSSR count). The lowest BCUT2D eigenvalue weighted by Crippen LogP contribution is -2.38. The third-order valence-electron chi connectivity index (χ3n) is 4.58. The van der Waals surface area contributed by atoms with E-state index in [0.29, 0.717) is 28.4 Å². The fourth-order valence-corrected chi connectivity index (χ4v) is 3.92. The quantitative estimate of drug-likeness (QED) is 0.813. The molecule has 0 saturated carbocycles. The molecule has 2 bridgehead atoms. The Kier molecular flexibility index (Phi) is 4.07. The molecule has 108 valence electrons. The normalized spacial score (nSPS) is 32.4. The van der Waals surface area contributed by atoms with Gasteiger partial charge in [-0.15, -0.1) is 0 Å². The highest BCUT2D eigenvalue weighted by molar-refractivity contribution is 6.42. The van der Waals surface area contributed by atoms with Gasteiger partial charge < -0.3 is 4.74 Å². The van der Waals surface area contributed by atoms with Gasteiger partial charge in [0.2, 0.25) is 0 Å². The van der Waals surface area contributed by atoms with Gasteiger partial charge in [-0.2, -0.15) is 0 Å². The molecule has 4 unspecified atom stereocenters. The van der Waals surface area contributed by atoms with Gasteiger partial charge in [0.05, 0.1) is 28.2 Å². The minimum atomic E-state index is -0.0315. The topological polar surface area (TPSA) is 26.3 Å². The van der Waals surface area contributed by atoms with E-state index in [-0.39, 0.29) is 17.9 Å². The Bertz CT molecular complexity index is 529. The van der Waals surface area contributed by atoms with Gasteiger partial charge in [-0.05, 0) is 42.9 Å². The van der Waals surface area contributed by atoms with Crippen molar-refractivity contribution in [2.75, 3.05) is 0 Å². The highest BCUT2D eigenvalue weighted by Gasteiger charge is 2.46. The summed E-state index contributed by atoms with van der Waals surface area (Å²) in [7, 11) is 0. The van der Waals surface area contributed by atoms with Gasteiger partial charge in [0, 0.05) is 6.42 Å². The monoisotopic (exact) mass is 312 g/mol. The van der Waals surface area contributed by atoms with Crippen molar-refractivity contribution in [1.29, 1.82) is 0 Å². The van der Waals surface area contributed by atoms with Crippen LogP contribution in [0.1, 0.15) is 44.1 Å². The molecule has 1 aromatic rings. The minimum absolute atomic E-state index is 0.0315. The molecule has 0 spiro atoms. The second kappa shape index (κ2) is 5.67. The number of hydrogen-bond acceptors (Lipinski definition) is 2. The Morgan fingerprint density at radius 3 is 2.80 bits per heavy atom. The van der Waals surface area contributed by atoms with Gasteiger partial charge in [0.1, 0.15) is 5.78 Å². The Morgan fingerprint density at radius 2 is 2.10 bits per heavy atom. The third kappa shape index (κ3) is 2.49. The van der Waals surface area contributed by atoms with Crippen LogP contribution in [0.4, 0.5) is 0 Å². The smallest absolute Gasteiger partial charge is 0.138 e. The van der Waals surface area contributed by atoms with Gasteiger partial charge in [-0.1, -0.05) is 36.2 Å². The van der Waals surface area contributed by atoms with Crippen molar-refractivity contribution in [2.45, 2.75) is 50.7 Å². The maximum atomic E-state index is 12.4. The average Bonchev–Trinajstić information content (AvgIpc) is 2.82. The maximum absolute atomic E-state index is 12.4. The van der Waals surface area contributed by atoms with Gasteiger partial charge >= 0.3 is 0 Å². The molecule has 0 N–H and O–H groups in total. The van der Waals surface area contributed by atoms with E-state index < -0.39 is 0 Å². The fraction of sp³-hybridized carbons (Fsp3) is 0.562. The van der Waals surface area contributed by atoms with Crippen LogP contribution in [0, 0.1) is 5.92 Å². The van der Waals surface area contributed by atoms with Crippen LogP contribution < -0.4 is 0 Å². The summed E-state index contributed by atoms with van der Waals surface area (Å²) < 4.78 is 5.96. The second-order valence-electron chi connectivity index (χ2n) is 5.74. The Morgan fingerprint density at radius 1 is 1.30 bits per heavy atom. The van der Waals surface area contributed by atoms with E-state index >= 15 is 0 Å². The summed E-state index contributed by atoms with van der Waals surface area (Å²) in [5.41, 5.74) is 1.12. The average molecular weight is 313 g/mol. The molecule has 2 heterocycles. The molecule has 4 atom stereocenters. The van der Waals surface area contributed by atoms with Crippen molar-refractivity contribution >= 4 is 29.0 Å². The van der Waals surface area contributed by atoms with Crippen LogP contribution in [-0.2, 0) is 9.53 Å². The van der Waals surface area contributed by atoms with Crippen LogP contribution in [0.15, 0.2) is 18.2 Å². The molecule has 2 fully saturated rings. The summed E-state index contributed by atoms with van der Waals surface area (Å²) in [5, 5.41) is 1.12. The molecule has 2 aliphatic heterocycles. The number of carbonyl (C=O) groups is 1. The molecule has 2 aliphatic rings. The largest absolute Gasteiger partial charge is 0.374 e. The predicted octanol–water partition coefficient (Wildman–Crippen LogP) is 4.62. The number of carbonyl (C=O) groups excluding carboxylic acids is 1. The van der Waals surface area contributed by atoms with E-state index in [4.69, 9.17) is 27.9 Å². The first kappa shape index (κ1) is 14.4. The van der Waals surface area contributed by atoms with Crippen molar-refractivity contribution in [1.82, 2.24) is 0 Å². The summed E-state index contributed by atoms with van der Waals surface area (Å²) in [4.78, 5) is 12.4. The molecule has 4 heteroatoms. The number of ketones is 1. The molecule has 0 amide bonds. The highest BCUT2D eigenvalue weighted by Crippen LogP contribution is 2.46. The first-order valence-corrected chi connectivity index (χ1v) is 7.99. The Hall–Kier alpha value is -0.570. The maximum Gasteiger partial charge on any atom is 0.138 e. The molecule has 2 saturated heterocycles. The zero-order valence-corrected chi connectivity index (χ0v) is 13.0. The lowest BCUT2D eigenvalue weighted by molar-refractivity contribution is -0.133. The van der Waals surface area contributed by atoms with Crippen LogP contribution in [0.25, 0.3) is 0 Å². The van der Waals surface area contributed by atoms with Crippen LogP contribution >= 0.6 is 23.2 Å². The molecule has 20 heavy (non-hydrogen) atoms. The second-order valence-corrected chi connectivity index (χ2v) is 6.55. The number of hydrogen-bond donors (Lipinski definition) is 0.